The number of non-ortho nitro benzene ring substituents is 1. The van der Waals surface area contributed by atoms with Gasteiger partial charge in [0.25, 0.3) is 5.69 Å². The lowest BCUT2D eigenvalue weighted by atomic mass is 10.2. The van der Waals surface area contributed by atoms with E-state index in [2.05, 4.69) is 5.32 Å². The van der Waals surface area contributed by atoms with E-state index in [0.717, 1.165) is 5.56 Å². The van der Waals surface area contributed by atoms with Crippen LogP contribution in [0.3, 0.4) is 0 Å². The van der Waals surface area contributed by atoms with Crippen molar-refractivity contribution in [3.63, 3.8) is 0 Å². The van der Waals surface area contributed by atoms with Crippen LogP contribution in [0.5, 0.6) is 0 Å². The number of nitro groups is 1. The van der Waals surface area contributed by atoms with Gasteiger partial charge in [-0.05, 0) is 37.6 Å². The standard InChI is InChI=1S/C18H19Cl2N3O3/c1-12(2)22(10-13-4-3-5-14(19)8-13)11-18(24)21-17-7-6-15(23(25)26)9-16(17)20/h3-9,12H,10-11H2,1-2H3,(H,21,24). The first kappa shape index (κ1) is 20.2. The molecule has 0 bridgehead atoms. The van der Waals surface area contributed by atoms with E-state index in [0.29, 0.717) is 17.3 Å². The predicted molar refractivity (Wildman–Crippen MR) is 104 cm³/mol. The Morgan fingerprint density at radius 1 is 1.23 bits per heavy atom. The zero-order chi connectivity index (χ0) is 19.3. The number of hydrogen-bond donors (Lipinski definition) is 1. The van der Waals surface area contributed by atoms with Crippen LogP contribution in [-0.4, -0.2) is 28.3 Å². The number of rotatable bonds is 7. The van der Waals surface area contributed by atoms with E-state index in [1.807, 2.05) is 36.9 Å². The molecule has 1 amide bonds. The van der Waals surface area contributed by atoms with E-state index >= 15 is 0 Å². The van der Waals surface area contributed by atoms with Crippen LogP contribution < -0.4 is 5.32 Å². The lowest BCUT2D eigenvalue weighted by Gasteiger charge is -2.26. The van der Waals surface area contributed by atoms with Crippen molar-refractivity contribution in [1.82, 2.24) is 4.90 Å². The topological polar surface area (TPSA) is 75.5 Å². The molecule has 0 unspecified atom stereocenters. The second kappa shape index (κ2) is 8.98. The van der Waals surface area contributed by atoms with Gasteiger partial charge in [-0.2, -0.15) is 0 Å². The maximum atomic E-state index is 12.4. The van der Waals surface area contributed by atoms with Crippen molar-refractivity contribution in [3.05, 3.63) is 68.2 Å². The highest BCUT2D eigenvalue weighted by Crippen LogP contribution is 2.26. The molecule has 0 atom stereocenters. The molecule has 26 heavy (non-hydrogen) atoms. The largest absolute Gasteiger partial charge is 0.324 e. The molecule has 6 nitrogen and oxygen atoms in total. The SMILES string of the molecule is CC(C)N(CC(=O)Nc1ccc([N+](=O)[O-])cc1Cl)Cc1cccc(Cl)c1. The monoisotopic (exact) mass is 395 g/mol. The van der Waals surface area contributed by atoms with Crippen molar-refractivity contribution in [1.29, 1.82) is 0 Å². The minimum Gasteiger partial charge on any atom is -0.324 e. The van der Waals surface area contributed by atoms with E-state index in [9.17, 15) is 14.9 Å². The van der Waals surface area contributed by atoms with Crippen molar-refractivity contribution in [2.24, 2.45) is 0 Å². The van der Waals surface area contributed by atoms with Crippen LogP contribution >= 0.6 is 23.2 Å². The fourth-order valence-electron chi connectivity index (χ4n) is 2.38. The summed E-state index contributed by atoms with van der Waals surface area (Å²) in [5.41, 5.74) is 1.22. The Labute approximate surface area is 161 Å². The van der Waals surface area contributed by atoms with Gasteiger partial charge in [-0.1, -0.05) is 35.3 Å². The molecule has 0 aromatic heterocycles. The molecule has 0 aliphatic carbocycles. The Kier molecular flexibility index (Phi) is 6.97. The van der Waals surface area contributed by atoms with Gasteiger partial charge in [-0.3, -0.25) is 19.8 Å². The molecule has 2 aromatic rings. The second-order valence-electron chi connectivity index (χ2n) is 6.10. The van der Waals surface area contributed by atoms with Crippen LogP contribution in [0, 0.1) is 10.1 Å². The Morgan fingerprint density at radius 3 is 2.54 bits per heavy atom. The molecule has 0 aliphatic heterocycles. The molecule has 8 heteroatoms. The van der Waals surface area contributed by atoms with Gasteiger partial charge in [0, 0.05) is 29.7 Å². The highest BCUT2D eigenvalue weighted by molar-refractivity contribution is 6.34. The number of benzene rings is 2. The van der Waals surface area contributed by atoms with E-state index in [1.165, 1.54) is 18.2 Å². The average molecular weight is 396 g/mol. The van der Waals surface area contributed by atoms with Gasteiger partial charge in [-0.25, -0.2) is 0 Å². The highest BCUT2D eigenvalue weighted by atomic mass is 35.5. The van der Waals surface area contributed by atoms with E-state index < -0.39 is 4.92 Å². The molecular weight excluding hydrogens is 377 g/mol. The summed E-state index contributed by atoms with van der Waals surface area (Å²) in [6, 6.07) is 11.5. The third-order valence-electron chi connectivity index (χ3n) is 3.79. The number of amides is 1. The summed E-state index contributed by atoms with van der Waals surface area (Å²) < 4.78 is 0. The van der Waals surface area contributed by atoms with Crippen LogP contribution in [0.15, 0.2) is 42.5 Å². The first-order valence-corrected chi connectivity index (χ1v) is 8.74. The molecular formula is C18H19Cl2N3O3. The second-order valence-corrected chi connectivity index (χ2v) is 6.94. The number of nitro benzene ring substituents is 1. The molecule has 138 valence electrons. The van der Waals surface area contributed by atoms with E-state index in [-0.39, 0.29) is 29.2 Å². The normalized spacial score (nSPS) is 11.0. The lowest BCUT2D eigenvalue weighted by molar-refractivity contribution is -0.384. The molecule has 0 fully saturated rings. The predicted octanol–water partition coefficient (Wildman–Crippen LogP) is 4.75. The van der Waals surface area contributed by atoms with Gasteiger partial charge >= 0.3 is 0 Å². The maximum Gasteiger partial charge on any atom is 0.271 e. The minimum absolute atomic E-state index is 0.124. The van der Waals surface area contributed by atoms with Crippen molar-refractivity contribution < 1.29 is 9.72 Å². The van der Waals surface area contributed by atoms with Crippen molar-refractivity contribution in [2.45, 2.75) is 26.4 Å². The zero-order valence-corrected chi connectivity index (χ0v) is 15.9. The first-order valence-electron chi connectivity index (χ1n) is 7.98. The summed E-state index contributed by atoms with van der Waals surface area (Å²) in [5, 5.41) is 14.2. The van der Waals surface area contributed by atoms with Crippen LogP contribution in [0.4, 0.5) is 11.4 Å². The van der Waals surface area contributed by atoms with Gasteiger partial charge in [0.1, 0.15) is 0 Å². The molecule has 0 spiro atoms. The minimum atomic E-state index is -0.539. The number of anilines is 1. The molecule has 0 radical (unpaired) electrons. The average Bonchev–Trinajstić information content (AvgIpc) is 2.56. The molecule has 2 aromatic carbocycles. The smallest absolute Gasteiger partial charge is 0.271 e. The lowest BCUT2D eigenvalue weighted by Crippen LogP contribution is -2.37. The summed E-state index contributed by atoms with van der Waals surface area (Å²) in [4.78, 5) is 24.6. The first-order chi connectivity index (χ1) is 12.3. The number of carbonyl (C=O) groups is 1. The zero-order valence-electron chi connectivity index (χ0n) is 14.4. The van der Waals surface area contributed by atoms with E-state index in [4.69, 9.17) is 23.2 Å². The number of hydrogen-bond acceptors (Lipinski definition) is 4. The summed E-state index contributed by atoms with van der Waals surface area (Å²) >= 11 is 12.0. The summed E-state index contributed by atoms with van der Waals surface area (Å²) in [6.07, 6.45) is 0. The molecule has 0 heterocycles. The third kappa shape index (κ3) is 5.69. The Morgan fingerprint density at radius 2 is 1.96 bits per heavy atom. The summed E-state index contributed by atoms with van der Waals surface area (Å²) in [6.45, 7) is 4.71. The highest BCUT2D eigenvalue weighted by Gasteiger charge is 2.17. The summed E-state index contributed by atoms with van der Waals surface area (Å²) in [5.74, 6) is -0.253. The third-order valence-corrected chi connectivity index (χ3v) is 4.34. The molecule has 2 rings (SSSR count). The molecule has 1 N–H and O–H groups in total. The van der Waals surface area contributed by atoms with Gasteiger partial charge in [-0.15, -0.1) is 0 Å². The van der Waals surface area contributed by atoms with Gasteiger partial charge in [0.2, 0.25) is 5.91 Å². The number of halogens is 2. The van der Waals surface area contributed by atoms with Crippen LogP contribution in [0.2, 0.25) is 10.0 Å². The Balaban J connectivity index is 2.05. The van der Waals surface area contributed by atoms with Crippen LogP contribution in [-0.2, 0) is 11.3 Å². The molecule has 0 saturated heterocycles. The Hall–Kier alpha value is -2.15. The Bertz CT molecular complexity index is 812. The van der Waals surface area contributed by atoms with Gasteiger partial charge in [0.15, 0.2) is 0 Å². The quantitative estimate of drug-likeness (QED) is 0.541. The summed E-state index contributed by atoms with van der Waals surface area (Å²) in [7, 11) is 0. The van der Waals surface area contributed by atoms with Crippen LogP contribution in [0.1, 0.15) is 19.4 Å². The number of nitrogens with zero attached hydrogens (tertiary/aromatic N) is 2. The molecule has 0 aliphatic rings. The number of nitrogens with one attached hydrogen (secondary N) is 1. The number of carbonyl (C=O) groups excluding carboxylic acids is 1. The van der Waals surface area contributed by atoms with Gasteiger partial charge in [0.05, 0.1) is 22.2 Å². The fraction of sp³-hybridized carbons (Fsp3) is 0.278. The maximum absolute atomic E-state index is 12.4. The van der Waals surface area contributed by atoms with Gasteiger partial charge < -0.3 is 5.32 Å². The van der Waals surface area contributed by atoms with E-state index in [1.54, 1.807) is 6.07 Å². The van der Waals surface area contributed by atoms with Crippen molar-refractivity contribution in [2.75, 3.05) is 11.9 Å². The fourth-order valence-corrected chi connectivity index (χ4v) is 2.82. The van der Waals surface area contributed by atoms with Crippen molar-refractivity contribution >= 4 is 40.5 Å². The van der Waals surface area contributed by atoms with Crippen molar-refractivity contribution in [3.8, 4) is 0 Å². The van der Waals surface area contributed by atoms with Crippen LogP contribution in [0.25, 0.3) is 0 Å². The molecule has 0 saturated carbocycles.